The molecule has 0 aliphatic carbocycles. The number of carbonyl (C=O) groups is 2. The summed E-state index contributed by atoms with van der Waals surface area (Å²) in [4.78, 5) is 29.0. The standard InChI is InChI=1S/C24H28N4O3S/c1-16(2)18-7-5-6-8-20(18)28-12-11-25-24(28)32-15-23(30)26-14-22(29)27-19-13-17(3)9-10-21(19)31-4/h5-13,16H,14-15H2,1-4H3,(H,26,30)(H,27,29). The fourth-order valence-corrected chi connectivity index (χ4v) is 4.04. The number of benzene rings is 2. The van der Waals surface area contributed by atoms with E-state index < -0.39 is 0 Å². The van der Waals surface area contributed by atoms with Crippen molar-refractivity contribution in [3.63, 3.8) is 0 Å². The summed E-state index contributed by atoms with van der Waals surface area (Å²) in [6.45, 7) is 6.10. The van der Waals surface area contributed by atoms with E-state index in [9.17, 15) is 9.59 Å². The number of carbonyl (C=O) groups excluding carboxylic acids is 2. The van der Waals surface area contributed by atoms with Crippen LogP contribution < -0.4 is 15.4 Å². The van der Waals surface area contributed by atoms with Gasteiger partial charge in [-0.15, -0.1) is 0 Å². The molecule has 0 spiro atoms. The normalized spacial score (nSPS) is 10.8. The molecule has 3 rings (SSSR count). The molecule has 0 fully saturated rings. The van der Waals surface area contributed by atoms with Crippen molar-refractivity contribution in [2.45, 2.75) is 31.8 Å². The highest BCUT2D eigenvalue weighted by atomic mass is 32.2. The number of aryl methyl sites for hydroxylation is 1. The molecule has 0 saturated heterocycles. The van der Waals surface area contributed by atoms with E-state index in [2.05, 4.69) is 35.5 Å². The van der Waals surface area contributed by atoms with Crippen molar-refractivity contribution < 1.29 is 14.3 Å². The summed E-state index contributed by atoms with van der Waals surface area (Å²) in [5.74, 6) is 0.523. The number of nitrogens with zero attached hydrogens (tertiary/aromatic N) is 2. The number of ether oxygens (including phenoxy) is 1. The number of aromatic nitrogens is 2. The zero-order chi connectivity index (χ0) is 23.1. The zero-order valence-electron chi connectivity index (χ0n) is 18.7. The maximum absolute atomic E-state index is 12.3. The zero-order valence-corrected chi connectivity index (χ0v) is 19.5. The maximum Gasteiger partial charge on any atom is 0.243 e. The Morgan fingerprint density at radius 3 is 2.69 bits per heavy atom. The van der Waals surface area contributed by atoms with E-state index in [4.69, 9.17) is 4.74 Å². The van der Waals surface area contributed by atoms with Gasteiger partial charge in [0, 0.05) is 12.4 Å². The van der Waals surface area contributed by atoms with Crippen LogP contribution in [0.25, 0.3) is 5.69 Å². The molecule has 0 atom stereocenters. The third-order valence-electron chi connectivity index (χ3n) is 4.83. The lowest BCUT2D eigenvalue weighted by Gasteiger charge is -2.15. The third kappa shape index (κ3) is 5.91. The number of rotatable bonds is 9. The minimum absolute atomic E-state index is 0.124. The smallest absolute Gasteiger partial charge is 0.243 e. The average molecular weight is 453 g/mol. The van der Waals surface area contributed by atoms with Gasteiger partial charge in [-0.25, -0.2) is 4.98 Å². The molecule has 8 heteroatoms. The molecule has 1 aromatic heterocycles. The lowest BCUT2D eigenvalue weighted by atomic mass is 10.0. The third-order valence-corrected chi connectivity index (χ3v) is 5.80. The molecule has 3 aromatic rings. The Morgan fingerprint density at radius 1 is 1.16 bits per heavy atom. The molecule has 7 nitrogen and oxygen atoms in total. The molecule has 0 unspecified atom stereocenters. The number of para-hydroxylation sites is 1. The molecule has 2 N–H and O–H groups in total. The molecule has 0 radical (unpaired) electrons. The molecule has 0 aliphatic heterocycles. The first-order valence-corrected chi connectivity index (χ1v) is 11.3. The Labute approximate surface area is 192 Å². The van der Waals surface area contributed by atoms with Gasteiger partial charge in [0.2, 0.25) is 11.8 Å². The van der Waals surface area contributed by atoms with Crippen molar-refractivity contribution in [1.29, 1.82) is 0 Å². The number of hydrogen-bond donors (Lipinski definition) is 2. The van der Waals surface area contributed by atoms with Crippen molar-refractivity contribution in [1.82, 2.24) is 14.9 Å². The van der Waals surface area contributed by atoms with Gasteiger partial charge in [-0.05, 0) is 42.2 Å². The van der Waals surface area contributed by atoms with E-state index in [1.807, 2.05) is 48.0 Å². The van der Waals surface area contributed by atoms with Crippen LogP contribution in [0.3, 0.4) is 0 Å². The van der Waals surface area contributed by atoms with Crippen molar-refractivity contribution >= 4 is 29.3 Å². The first-order chi connectivity index (χ1) is 15.4. The van der Waals surface area contributed by atoms with Gasteiger partial charge in [-0.3, -0.25) is 14.2 Å². The Morgan fingerprint density at radius 2 is 1.94 bits per heavy atom. The summed E-state index contributed by atoms with van der Waals surface area (Å²) in [7, 11) is 1.54. The molecule has 2 amide bonds. The maximum atomic E-state index is 12.3. The molecule has 2 aromatic carbocycles. The van der Waals surface area contributed by atoms with E-state index in [0.29, 0.717) is 17.4 Å². The average Bonchev–Trinajstić information content (AvgIpc) is 3.25. The fourth-order valence-electron chi connectivity index (χ4n) is 3.25. The van der Waals surface area contributed by atoms with Crippen LogP contribution in [-0.2, 0) is 9.59 Å². The van der Waals surface area contributed by atoms with Gasteiger partial charge >= 0.3 is 0 Å². The van der Waals surface area contributed by atoms with Crippen LogP contribution in [0.2, 0.25) is 0 Å². The quantitative estimate of drug-likeness (QED) is 0.476. The van der Waals surface area contributed by atoms with E-state index in [1.165, 1.54) is 17.3 Å². The molecule has 0 saturated carbocycles. The number of anilines is 1. The van der Waals surface area contributed by atoms with Gasteiger partial charge in [0.1, 0.15) is 5.75 Å². The highest BCUT2D eigenvalue weighted by molar-refractivity contribution is 7.99. The van der Waals surface area contributed by atoms with Crippen molar-refractivity contribution in [2.75, 3.05) is 24.7 Å². The second-order valence-corrected chi connectivity index (χ2v) is 8.55. The van der Waals surface area contributed by atoms with Crippen LogP contribution in [0.15, 0.2) is 60.0 Å². The Balaban J connectivity index is 1.55. The number of amides is 2. The Kier molecular flexibility index (Phi) is 7.94. The molecular weight excluding hydrogens is 424 g/mol. The van der Waals surface area contributed by atoms with E-state index in [-0.39, 0.29) is 24.1 Å². The second-order valence-electron chi connectivity index (χ2n) is 7.61. The van der Waals surface area contributed by atoms with Crippen LogP contribution in [0.5, 0.6) is 5.75 Å². The van der Waals surface area contributed by atoms with Crippen molar-refractivity contribution in [3.8, 4) is 11.4 Å². The largest absolute Gasteiger partial charge is 0.495 e. The van der Waals surface area contributed by atoms with Gasteiger partial charge in [0.05, 0.1) is 30.8 Å². The highest BCUT2D eigenvalue weighted by Gasteiger charge is 2.14. The lowest BCUT2D eigenvalue weighted by Crippen LogP contribution is -2.34. The molecule has 32 heavy (non-hydrogen) atoms. The van der Waals surface area contributed by atoms with Gasteiger partial charge in [0.25, 0.3) is 0 Å². The van der Waals surface area contributed by atoms with Gasteiger partial charge in [-0.1, -0.05) is 49.9 Å². The highest BCUT2D eigenvalue weighted by Crippen LogP contribution is 2.27. The predicted octanol–water partition coefficient (Wildman–Crippen LogP) is 4.16. The lowest BCUT2D eigenvalue weighted by molar-refractivity contribution is -0.122. The van der Waals surface area contributed by atoms with Crippen molar-refractivity contribution in [2.24, 2.45) is 0 Å². The first-order valence-electron chi connectivity index (χ1n) is 10.4. The van der Waals surface area contributed by atoms with Gasteiger partial charge in [-0.2, -0.15) is 0 Å². The SMILES string of the molecule is COc1ccc(C)cc1NC(=O)CNC(=O)CSc1nccn1-c1ccccc1C(C)C. The molecule has 1 heterocycles. The van der Waals surface area contributed by atoms with E-state index in [0.717, 1.165) is 16.4 Å². The van der Waals surface area contributed by atoms with Crippen LogP contribution in [0.4, 0.5) is 5.69 Å². The molecule has 0 aliphatic rings. The van der Waals surface area contributed by atoms with Crippen LogP contribution in [-0.4, -0.2) is 40.8 Å². The summed E-state index contributed by atoms with van der Waals surface area (Å²) in [6.07, 6.45) is 3.62. The van der Waals surface area contributed by atoms with E-state index >= 15 is 0 Å². The van der Waals surface area contributed by atoms with Crippen molar-refractivity contribution in [3.05, 3.63) is 66.0 Å². The van der Waals surface area contributed by atoms with Gasteiger partial charge < -0.3 is 15.4 Å². The summed E-state index contributed by atoms with van der Waals surface area (Å²) < 4.78 is 7.25. The summed E-state index contributed by atoms with van der Waals surface area (Å²) in [5.41, 5.74) is 3.83. The molecular formula is C24H28N4O3S. The summed E-state index contributed by atoms with van der Waals surface area (Å²) in [5, 5.41) is 6.15. The van der Waals surface area contributed by atoms with Gasteiger partial charge in [0.15, 0.2) is 5.16 Å². The topological polar surface area (TPSA) is 85.2 Å². The Hall–Kier alpha value is -3.26. The van der Waals surface area contributed by atoms with E-state index in [1.54, 1.807) is 19.4 Å². The predicted molar refractivity (Wildman–Crippen MR) is 128 cm³/mol. The minimum atomic E-state index is -0.320. The summed E-state index contributed by atoms with van der Waals surface area (Å²) >= 11 is 1.33. The van der Waals surface area contributed by atoms with Crippen LogP contribution >= 0.6 is 11.8 Å². The number of thioether (sulfide) groups is 1. The van der Waals surface area contributed by atoms with Crippen LogP contribution in [0, 0.1) is 6.92 Å². The summed E-state index contributed by atoms with van der Waals surface area (Å²) in [6, 6.07) is 13.7. The molecule has 0 bridgehead atoms. The fraction of sp³-hybridized carbons (Fsp3) is 0.292. The number of nitrogens with one attached hydrogen (secondary N) is 2. The number of imidazole rings is 1. The first kappa shape index (κ1) is 23.4. The Bertz CT molecular complexity index is 1090. The second kappa shape index (κ2) is 10.9. The monoisotopic (exact) mass is 452 g/mol. The van der Waals surface area contributed by atoms with Crippen LogP contribution in [0.1, 0.15) is 30.9 Å². The number of methoxy groups -OCH3 is 1. The number of hydrogen-bond acceptors (Lipinski definition) is 5. The minimum Gasteiger partial charge on any atom is -0.495 e. The molecule has 168 valence electrons.